The minimum absolute atomic E-state index is 0. The van der Waals surface area contributed by atoms with Gasteiger partial charge in [-0.2, -0.15) is 0 Å². The summed E-state index contributed by atoms with van der Waals surface area (Å²) in [6.07, 6.45) is 4.86. The maximum absolute atomic E-state index is 10.9. The molecule has 0 bridgehead atoms. The van der Waals surface area contributed by atoms with Gasteiger partial charge in [-0.05, 0) is 85.5 Å². The fraction of sp³-hybridized carbons (Fsp3) is 0.429. The molecule has 2 rings (SSSR count). The summed E-state index contributed by atoms with van der Waals surface area (Å²) in [6.45, 7) is 21.4. The quantitative estimate of drug-likeness (QED) is 0.334. The molecule has 4 nitrogen and oxygen atoms in total. The minimum Gasteiger partial charge on any atom is -0.507 e. The van der Waals surface area contributed by atoms with Gasteiger partial charge in [0.25, 0.3) is 0 Å². The molecule has 182 valence electrons. The van der Waals surface area contributed by atoms with E-state index in [0.29, 0.717) is 37.4 Å². The third-order valence-electron chi connectivity index (χ3n) is 6.17. The average Bonchev–Trinajstić information content (AvgIpc) is 2.80. The molecule has 2 aromatic carbocycles. The molecule has 0 atom stereocenters. The van der Waals surface area contributed by atoms with Crippen molar-refractivity contribution in [1.82, 2.24) is 9.80 Å². The lowest BCUT2D eigenvalue weighted by Gasteiger charge is -2.22. The number of phenols is 2. The van der Waals surface area contributed by atoms with Crippen LogP contribution in [0.15, 0.2) is 49.6 Å². The van der Waals surface area contributed by atoms with E-state index in [-0.39, 0.29) is 12.4 Å². The Hall–Kier alpha value is -2.27. The summed E-state index contributed by atoms with van der Waals surface area (Å²) in [5.41, 5.74) is 5.70. The van der Waals surface area contributed by atoms with Crippen LogP contribution in [0.1, 0.15) is 49.9 Å². The minimum atomic E-state index is 0. The highest BCUT2D eigenvalue weighted by molar-refractivity contribution is 5.85. The van der Waals surface area contributed by atoms with E-state index in [1.807, 2.05) is 24.3 Å². The first-order valence-corrected chi connectivity index (χ1v) is 11.8. The van der Waals surface area contributed by atoms with Crippen molar-refractivity contribution in [2.45, 2.75) is 53.6 Å². The molecule has 33 heavy (non-hydrogen) atoms. The molecule has 0 aromatic heterocycles. The summed E-state index contributed by atoms with van der Waals surface area (Å²) in [7, 11) is 0. The van der Waals surface area contributed by atoms with Crippen molar-refractivity contribution in [3.63, 3.8) is 0 Å². The van der Waals surface area contributed by atoms with E-state index in [0.717, 1.165) is 59.6 Å². The maximum atomic E-state index is 10.9. The summed E-state index contributed by atoms with van der Waals surface area (Å²) < 4.78 is 0. The molecule has 0 aliphatic heterocycles. The van der Waals surface area contributed by atoms with Gasteiger partial charge in [0.2, 0.25) is 0 Å². The lowest BCUT2D eigenvalue weighted by atomic mass is 9.93. The SMILES string of the molecule is C=CCc1cc(-c2cc(CC=C)c(O)c(CN(CC)CC)c2)cc(CN(CC)CC)c1O.Cl. The van der Waals surface area contributed by atoms with Crippen LogP contribution in [0, 0.1) is 0 Å². The van der Waals surface area contributed by atoms with Gasteiger partial charge in [-0.3, -0.25) is 9.80 Å². The molecule has 0 aliphatic carbocycles. The van der Waals surface area contributed by atoms with Crippen LogP contribution in [-0.4, -0.2) is 46.2 Å². The molecular formula is C28H41ClN2O2. The van der Waals surface area contributed by atoms with Crippen molar-refractivity contribution in [3.05, 3.63) is 71.8 Å². The first-order chi connectivity index (χ1) is 15.4. The summed E-state index contributed by atoms with van der Waals surface area (Å²) in [4.78, 5) is 4.59. The third-order valence-corrected chi connectivity index (χ3v) is 6.17. The zero-order valence-corrected chi connectivity index (χ0v) is 21.5. The van der Waals surface area contributed by atoms with Crippen molar-refractivity contribution in [2.24, 2.45) is 0 Å². The topological polar surface area (TPSA) is 46.9 Å². The van der Waals surface area contributed by atoms with Gasteiger partial charge in [-0.1, -0.05) is 39.8 Å². The molecule has 0 radical (unpaired) electrons. The Bertz CT molecular complexity index is 843. The fourth-order valence-electron chi connectivity index (χ4n) is 4.09. The molecule has 2 N–H and O–H groups in total. The molecule has 2 aromatic rings. The first kappa shape index (κ1) is 28.8. The Kier molecular flexibility index (Phi) is 12.3. The Morgan fingerprint density at radius 2 is 0.939 bits per heavy atom. The van der Waals surface area contributed by atoms with Crippen LogP contribution in [0.4, 0.5) is 0 Å². The van der Waals surface area contributed by atoms with Crippen LogP contribution in [0.25, 0.3) is 11.1 Å². The Morgan fingerprint density at radius 1 is 0.636 bits per heavy atom. The number of benzene rings is 2. The normalized spacial score (nSPS) is 11.0. The van der Waals surface area contributed by atoms with E-state index in [1.54, 1.807) is 0 Å². The number of halogens is 1. The van der Waals surface area contributed by atoms with E-state index in [2.05, 4.69) is 62.8 Å². The summed E-state index contributed by atoms with van der Waals surface area (Å²) in [5.74, 6) is 0.711. The Morgan fingerprint density at radius 3 is 1.21 bits per heavy atom. The van der Waals surface area contributed by atoms with Crippen LogP contribution >= 0.6 is 12.4 Å². The number of hydrogen-bond acceptors (Lipinski definition) is 4. The fourth-order valence-corrected chi connectivity index (χ4v) is 4.09. The van der Waals surface area contributed by atoms with E-state index in [9.17, 15) is 10.2 Å². The molecule has 0 heterocycles. The van der Waals surface area contributed by atoms with Crippen LogP contribution in [0.3, 0.4) is 0 Å². The smallest absolute Gasteiger partial charge is 0.123 e. The molecule has 0 fully saturated rings. The molecule has 0 spiro atoms. The van der Waals surface area contributed by atoms with Gasteiger partial charge < -0.3 is 10.2 Å². The maximum Gasteiger partial charge on any atom is 0.123 e. The average molecular weight is 473 g/mol. The standard InChI is InChI=1S/C28H40N2O2.ClH/c1-7-13-21-15-23(17-25(27(21)31)19-29(9-3)10-4)24-16-22(14-8-2)28(32)26(18-24)20-30(11-5)12-6;/h7-8,15-18,31-32H,1-2,9-14,19-20H2,3-6H3;1H. The van der Waals surface area contributed by atoms with Crippen LogP contribution in [0.5, 0.6) is 11.5 Å². The van der Waals surface area contributed by atoms with Crippen molar-refractivity contribution in [1.29, 1.82) is 0 Å². The highest BCUT2D eigenvalue weighted by Crippen LogP contribution is 2.36. The monoisotopic (exact) mass is 472 g/mol. The largest absolute Gasteiger partial charge is 0.507 e. The van der Waals surface area contributed by atoms with E-state index in [4.69, 9.17) is 0 Å². The predicted molar refractivity (Wildman–Crippen MR) is 144 cm³/mol. The van der Waals surface area contributed by atoms with Crippen molar-refractivity contribution in [3.8, 4) is 22.6 Å². The summed E-state index contributed by atoms with van der Waals surface area (Å²) in [6, 6.07) is 8.28. The molecule has 5 heteroatoms. The number of allylic oxidation sites excluding steroid dienone is 2. The van der Waals surface area contributed by atoms with E-state index < -0.39 is 0 Å². The van der Waals surface area contributed by atoms with Crippen LogP contribution < -0.4 is 0 Å². The molecular weight excluding hydrogens is 432 g/mol. The van der Waals surface area contributed by atoms with Gasteiger partial charge in [0.05, 0.1) is 0 Å². The van der Waals surface area contributed by atoms with Gasteiger partial charge >= 0.3 is 0 Å². The van der Waals surface area contributed by atoms with Gasteiger partial charge in [-0.25, -0.2) is 0 Å². The predicted octanol–water partition coefficient (Wildman–Crippen LogP) is 6.33. The van der Waals surface area contributed by atoms with E-state index >= 15 is 0 Å². The molecule has 0 unspecified atom stereocenters. The summed E-state index contributed by atoms with van der Waals surface area (Å²) in [5, 5.41) is 21.8. The van der Waals surface area contributed by atoms with Crippen LogP contribution in [-0.2, 0) is 25.9 Å². The van der Waals surface area contributed by atoms with Crippen molar-refractivity contribution < 1.29 is 10.2 Å². The van der Waals surface area contributed by atoms with Crippen molar-refractivity contribution in [2.75, 3.05) is 26.2 Å². The second-order valence-corrected chi connectivity index (χ2v) is 8.19. The number of phenolic OH excluding ortho intramolecular Hbond substituents is 2. The van der Waals surface area contributed by atoms with Gasteiger partial charge in [-0.15, -0.1) is 25.6 Å². The number of aromatic hydroxyl groups is 2. The molecule has 0 saturated heterocycles. The molecule has 0 aliphatic rings. The van der Waals surface area contributed by atoms with Gasteiger partial charge in [0.15, 0.2) is 0 Å². The number of hydrogen-bond donors (Lipinski definition) is 2. The first-order valence-electron chi connectivity index (χ1n) is 11.8. The molecule has 0 saturated carbocycles. The lowest BCUT2D eigenvalue weighted by molar-refractivity contribution is 0.290. The number of rotatable bonds is 13. The van der Waals surface area contributed by atoms with Gasteiger partial charge in [0.1, 0.15) is 11.5 Å². The highest BCUT2D eigenvalue weighted by atomic mass is 35.5. The highest BCUT2D eigenvalue weighted by Gasteiger charge is 2.16. The lowest BCUT2D eigenvalue weighted by Crippen LogP contribution is -2.22. The number of nitrogens with zero attached hydrogens (tertiary/aromatic N) is 2. The Balaban J connectivity index is 0.00000544. The van der Waals surface area contributed by atoms with Gasteiger partial charge in [0, 0.05) is 24.2 Å². The van der Waals surface area contributed by atoms with Crippen LogP contribution in [0.2, 0.25) is 0 Å². The third kappa shape index (κ3) is 7.36. The summed E-state index contributed by atoms with van der Waals surface area (Å²) >= 11 is 0. The second-order valence-electron chi connectivity index (χ2n) is 8.19. The zero-order valence-electron chi connectivity index (χ0n) is 20.7. The van der Waals surface area contributed by atoms with E-state index in [1.165, 1.54) is 0 Å². The molecule has 0 amide bonds. The zero-order chi connectivity index (χ0) is 23.7. The second kappa shape index (κ2) is 14.1. The Labute approximate surface area is 206 Å². The van der Waals surface area contributed by atoms with Crippen molar-refractivity contribution >= 4 is 12.4 Å².